The van der Waals surface area contributed by atoms with Gasteiger partial charge in [0.25, 0.3) is 5.91 Å². The standard InChI is InChI=1S/C23H26N2O3/c1-4-28-21(26)14-18-19(25-20-11-10-15(2)16(3)22(18)20)12-13-24-23(27)17-8-6-5-7-9-17/h5-11,25H,4,12-14H2,1-3H3,(H,24,27). The largest absolute Gasteiger partial charge is 0.466 e. The van der Waals surface area contributed by atoms with Gasteiger partial charge in [-0.2, -0.15) is 0 Å². The summed E-state index contributed by atoms with van der Waals surface area (Å²) in [6.45, 7) is 6.79. The van der Waals surface area contributed by atoms with E-state index in [-0.39, 0.29) is 18.3 Å². The van der Waals surface area contributed by atoms with Crippen molar-refractivity contribution in [3.8, 4) is 0 Å². The average Bonchev–Trinajstić information content (AvgIpc) is 3.03. The molecule has 2 N–H and O–H groups in total. The number of hydrogen-bond donors (Lipinski definition) is 2. The molecule has 5 nitrogen and oxygen atoms in total. The van der Waals surface area contributed by atoms with E-state index >= 15 is 0 Å². The predicted octanol–water partition coefficient (Wildman–Crippen LogP) is 3.86. The molecule has 2 aromatic carbocycles. The van der Waals surface area contributed by atoms with Crippen molar-refractivity contribution in [2.45, 2.75) is 33.6 Å². The van der Waals surface area contributed by atoms with E-state index in [2.05, 4.69) is 30.2 Å². The zero-order chi connectivity index (χ0) is 20.1. The van der Waals surface area contributed by atoms with Crippen molar-refractivity contribution in [2.24, 2.45) is 0 Å². The van der Waals surface area contributed by atoms with E-state index in [0.717, 1.165) is 27.7 Å². The highest BCUT2D eigenvalue weighted by Gasteiger charge is 2.18. The maximum Gasteiger partial charge on any atom is 0.310 e. The average molecular weight is 378 g/mol. The Kier molecular flexibility index (Phi) is 6.14. The lowest BCUT2D eigenvalue weighted by molar-refractivity contribution is -0.142. The minimum atomic E-state index is -0.237. The van der Waals surface area contributed by atoms with Gasteiger partial charge in [-0.25, -0.2) is 0 Å². The lowest BCUT2D eigenvalue weighted by Gasteiger charge is -2.08. The minimum absolute atomic E-state index is 0.101. The molecular formula is C23H26N2O3. The lowest BCUT2D eigenvalue weighted by atomic mass is 9.99. The number of aromatic amines is 1. The first-order chi connectivity index (χ1) is 13.5. The topological polar surface area (TPSA) is 71.2 Å². The number of nitrogens with one attached hydrogen (secondary N) is 2. The molecule has 0 bridgehead atoms. The number of ether oxygens (including phenoxy) is 1. The van der Waals surface area contributed by atoms with Gasteiger partial charge in [-0.05, 0) is 55.7 Å². The SMILES string of the molecule is CCOC(=O)Cc1c(CCNC(=O)c2ccccc2)[nH]c2ccc(C)c(C)c12. The molecule has 0 aliphatic heterocycles. The Morgan fingerprint density at radius 2 is 1.82 bits per heavy atom. The zero-order valence-corrected chi connectivity index (χ0v) is 16.6. The molecule has 1 heterocycles. The van der Waals surface area contributed by atoms with Crippen molar-refractivity contribution in [3.05, 3.63) is 70.4 Å². The number of benzene rings is 2. The monoisotopic (exact) mass is 378 g/mol. The third-order valence-corrected chi connectivity index (χ3v) is 5.01. The van der Waals surface area contributed by atoms with Gasteiger partial charge in [0.2, 0.25) is 0 Å². The first kappa shape index (κ1) is 19.7. The van der Waals surface area contributed by atoms with Crippen LogP contribution in [0.25, 0.3) is 10.9 Å². The first-order valence-corrected chi connectivity index (χ1v) is 9.59. The summed E-state index contributed by atoms with van der Waals surface area (Å²) >= 11 is 0. The van der Waals surface area contributed by atoms with Crippen LogP contribution < -0.4 is 5.32 Å². The number of aromatic nitrogens is 1. The first-order valence-electron chi connectivity index (χ1n) is 9.59. The third-order valence-electron chi connectivity index (χ3n) is 5.01. The summed E-state index contributed by atoms with van der Waals surface area (Å²) in [7, 11) is 0. The Hall–Kier alpha value is -3.08. The van der Waals surface area contributed by atoms with Crippen LogP contribution in [0, 0.1) is 13.8 Å². The van der Waals surface area contributed by atoms with Gasteiger partial charge in [-0.15, -0.1) is 0 Å². The van der Waals surface area contributed by atoms with Crippen molar-refractivity contribution in [1.82, 2.24) is 10.3 Å². The fourth-order valence-corrected chi connectivity index (χ4v) is 3.46. The van der Waals surface area contributed by atoms with Crippen LogP contribution in [0.2, 0.25) is 0 Å². The quantitative estimate of drug-likeness (QED) is 0.613. The van der Waals surface area contributed by atoms with E-state index < -0.39 is 0 Å². The number of H-pyrrole nitrogens is 1. The van der Waals surface area contributed by atoms with Crippen LogP contribution in [-0.2, 0) is 22.4 Å². The van der Waals surface area contributed by atoms with Crippen LogP contribution in [0.4, 0.5) is 0 Å². The molecule has 3 aromatic rings. The Labute approximate surface area is 165 Å². The number of esters is 1. The number of fused-ring (bicyclic) bond motifs is 1. The molecule has 0 unspecified atom stereocenters. The Morgan fingerprint density at radius 3 is 2.54 bits per heavy atom. The van der Waals surface area contributed by atoms with Crippen LogP contribution >= 0.6 is 0 Å². The van der Waals surface area contributed by atoms with Gasteiger partial charge >= 0.3 is 5.97 Å². The molecule has 0 saturated carbocycles. The summed E-state index contributed by atoms with van der Waals surface area (Å²) in [5.74, 6) is -0.338. The highest BCUT2D eigenvalue weighted by atomic mass is 16.5. The molecule has 146 valence electrons. The van der Waals surface area contributed by atoms with E-state index in [1.54, 1.807) is 12.1 Å². The molecule has 0 saturated heterocycles. The highest BCUT2D eigenvalue weighted by molar-refractivity contribution is 5.94. The van der Waals surface area contributed by atoms with Crippen LogP contribution in [0.3, 0.4) is 0 Å². The van der Waals surface area contributed by atoms with Crippen LogP contribution in [-0.4, -0.2) is 30.0 Å². The molecule has 5 heteroatoms. The number of carbonyl (C=O) groups excluding carboxylic acids is 2. The normalized spacial score (nSPS) is 10.8. The number of aryl methyl sites for hydroxylation is 2. The number of amides is 1. The van der Waals surface area contributed by atoms with Crippen molar-refractivity contribution in [1.29, 1.82) is 0 Å². The fraction of sp³-hybridized carbons (Fsp3) is 0.304. The summed E-state index contributed by atoms with van der Waals surface area (Å²) in [4.78, 5) is 27.9. The van der Waals surface area contributed by atoms with Gasteiger partial charge in [-0.1, -0.05) is 24.3 Å². The molecule has 3 rings (SSSR count). The predicted molar refractivity (Wildman–Crippen MR) is 111 cm³/mol. The van der Waals surface area contributed by atoms with Gasteiger partial charge in [0.15, 0.2) is 0 Å². The zero-order valence-electron chi connectivity index (χ0n) is 16.6. The van der Waals surface area contributed by atoms with Crippen molar-refractivity contribution in [3.63, 3.8) is 0 Å². The molecule has 0 radical (unpaired) electrons. The third kappa shape index (κ3) is 4.25. The van der Waals surface area contributed by atoms with E-state index in [0.29, 0.717) is 25.1 Å². The van der Waals surface area contributed by atoms with Gasteiger partial charge in [0.05, 0.1) is 13.0 Å². The van der Waals surface area contributed by atoms with Gasteiger partial charge in [0.1, 0.15) is 0 Å². The van der Waals surface area contributed by atoms with Crippen molar-refractivity contribution in [2.75, 3.05) is 13.2 Å². The second-order valence-electron chi connectivity index (χ2n) is 6.87. The van der Waals surface area contributed by atoms with Crippen molar-refractivity contribution >= 4 is 22.8 Å². The van der Waals surface area contributed by atoms with Gasteiger partial charge < -0.3 is 15.0 Å². The second-order valence-corrected chi connectivity index (χ2v) is 6.87. The molecule has 28 heavy (non-hydrogen) atoms. The van der Waals surface area contributed by atoms with Crippen LogP contribution in [0.1, 0.15) is 39.7 Å². The molecule has 0 spiro atoms. The maximum absolute atomic E-state index is 12.3. The van der Waals surface area contributed by atoms with E-state index in [4.69, 9.17) is 4.74 Å². The molecule has 0 aliphatic carbocycles. The summed E-state index contributed by atoms with van der Waals surface area (Å²) in [5, 5.41) is 4.03. The van der Waals surface area contributed by atoms with Crippen LogP contribution in [0.5, 0.6) is 0 Å². The second kappa shape index (κ2) is 8.74. The van der Waals surface area contributed by atoms with Crippen molar-refractivity contribution < 1.29 is 14.3 Å². The molecule has 1 aromatic heterocycles. The lowest BCUT2D eigenvalue weighted by Crippen LogP contribution is -2.26. The van der Waals surface area contributed by atoms with E-state index in [1.165, 1.54) is 5.56 Å². The Balaban J connectivity index is 1.82. The van der Waals surface area contributed by atoms with Crippen LogP contribution in [0.15, 0.2) is 42.5 Å². The van der Waals surface area contributed by atoms with Gasteiger partial charge in [-0.3, -0.25) is 9.59 Å². The molecule has 1 amide bonds. The summed E-state index contributed by atoms with van der Waals surface area (Å²) in [6.07, 6.45) is 0.834. The molecule has 0 atom stereocenters. The fourth-order valence-electron chi connectivity index (χ4n) is 3.46. The molecule has 0 aliphatic rings. The highest BCUT2D eigenvalue weighted by Crippen LogP contribution is 2.29. The summed E-state index contributed by atoms with van der Waals surface area (Å²) in [6, 6.07) is 13.3. The summed E-state index contributed by atoms with van der Waals surface area (Å²) in [5.41, 5.74) is 5.91. The van der Waals surface area contributed by atoms with Gasteiger partial charge in [0, 0.05) is 35.1 Å². The Bertz CT molecular complexity index is 990. The smallest absolute Gasteiger partial charge is 0.310 e. The summed E-state index contributed by atoms with van der Waals surface area (Å²) < 4.78 is 5.17. The number of hydrogen-bond acceptors (Lipinski definition) is 3. The maximum atomic E-state index is 12.3. The van der Waals surface area contributed by atoms with E-state index in [9.17, 15) is 9.59 Å². The number of rotatable bonds is 7. The molecule has 0 fully saturated rings. The molecular weight excluding hydrogens is 352 g/mol. The number of carbonyl (C=O) groups is 2. The Morgan fingerprint density at radius 1 is 1.07 bits per heavy atom. The minimum Gasteiger partial charge on any atom is -0.466 e. The van der Waals surface area contributed by atoms with E-state index in [1.807, 2.05) is 31.2 Å².